The van der Waals surface area contributed by atoms with E-state index in [0.29, 0.717) is 26.3 Å². The van der Waals surface area contributed by atoms with Gasteiger partial charge in [-0.2, -0.15) is 10.5 Å². The van der Waals surface area contributed by atoms with Crippen LogP contribution in [-0.4, -0.2) is 25.5 Å². The molecule has 1 aromatic heterocycles. The molecule has 1 aliphatic carbocycles. The third kappa shape index (κ3) is 6.63. The average Bonchev–Trinajstić information content (AvgIpc) is 3.29. The Balaban J connectivity index is 1.49. The summed E-state index contributed by atoms with van der Waals surface area (Å²) in [5.41, 5.74) is 2.17. The lowest BCUT2D eigenvalue weighted by Gasteiger charge is -2.13. The van der Waals surface area contributed by atoms with Crippen LogP contribution < -0.4 is 20.1 Å². The molecule has 1 aliphatic rings. The Morgan fingerprint density at radius 3 is 2.56 bits per heavy atom. The van der Waals surface area contributed by atoms with Crippen molar-refractivity contribution in [2.45, 2.75) is 25.7 Å². The lowest BCUT2D eigenvalue weighted by Crippen LogP contribution is -2.20. The fourth-order valence-corrected chi connectivity index (χ4v) is 5.73. The summed E-state index contributed by atoms with van der Waals surface area (Å²) in [6, 6.07) is 12.6. The number of amides is 2. The number of methoxy groups -OCH3 is 1. The van der Waals surface area contributed by atoms with E-state index in [-0.39, 0.29) is 23.7 Å². The molecule has 0 saturated carbocycles. The number of thiophene rings is 1. The van der Waals surface area contributed by atoms with Crippen LogP contribution >= 0.6 is 27.3 Å². The molecule has 39 heavy (non-hydrogen) atoms. The number of benzene rings is 2. The van der Waals surface area contributed by atoms with Gasteiger partial charge < -0.3 is 20.1 Å². The Morgan fingerprint density at radius 2 is 1.87 bits per heavy atom. The number of fused-ring (bicyclic) bond motifs is 1. The van der Waals surface area contributed by atoms with Gasteiger partial charge in [0.1, 0.15) is 28.5 Å². The molecule has 0 aliphatic heterocycles. The number of nitrogens with zero attached hydrogens (tertiary/aromatic N) is 2. The van der Waals surface area contributed by atoms with Crippen LogP contribution in [0.1, 0.15) is 34.4 Å². The topological polar surface area (TPSA) is 124 Å². The first-order chi connectivity index (χ1) is 18.8. The SMILES string of the molecule is COc1cc(/C=C(\C#N)C(=O)Nc2sc3c(c2C#N)CCCC3)c(Br)cc1OCC(=O)Nc1ccc(F)cc1. The van der Waals surface area contributed by atoms with Gasteiger partial charge >= 0.3 is 0 Å². The van der Waals surface area contributed by atoms with Crippen molar-refractivity contribution in [2.24, 2.45) is 0 Å². The van der Waals surface area contributed by atoms with E-state index >= 15 is 0 Å². The van der Waals surface area contributed by atoms with Crippen LogP contribution in [-0.2, 0) is 22.4 Å². The molecule has 8 nitrogen and oxygen atoms in total. The maximum absolute atomic E-state index is 13.1. The van der Waals surface area contributed by atoms with Crippen molar-refractivity contribution in [1.82, 2.24) is 0 Å². The number of halogens is 2. The third-order valence-corrected chi connectivity index (χ3v) is 7.84. The highest BCUT2D eigenvalue weighted by atomic mass is 79.9. The van der Waals surface area contributed by atoms with E-state index in [1.807, 2.05) is 6.07 Å². The standard InChI is InChI=1S/C28H22BrFN4O4S/c1-37-23-11-16(22(29)12-24(23)38-15-26(35)33-19-8-6-18(30)7-9-19)10-17(13-31)27(36)34-28-21(14-32)20-4-2-3-5-25(20)39-28/h6-12H,2-5,15H2,1H3,(H,33,35)(H,34,36)/b17-10+. The van der Waals surface area contributed by atoms with Gasteiger partial charge in [-0.3, -0.25) is 9.59 Å². The Morgan fingerprint density at radius 1 is 1.13 bits per heavy atom. The molecule has 0 fully saturated rings. The molecule has 198 valence electrons. The van der Waals surface area contributed by atoms with E-state index in [4.69, 9.17) is 9.47 Å². The molecular formula is C28H22BrFN4O4S. The Bertz CT molecular complexity index is 1540. The minimum Gasteiger partial charge on any atom is -0.493 e. The van der Waals surface area contributed by atoms with E-state index in [1.54, 1.807) is 12.1 Å². The van der Waals surface area contributed by atoms with E-state index in [9.17, 15) is 24.5 Å². The number of anilines is 2. The van der Waals surface area contributed by atoms with Gasteiger partial charge in [-0.05, 0) is 79.3 Å². The Hall–Kier alpha value is -4.19. The number of rotatable bonds is 8. The molecule has 1 heterocycles. The first-order valence-electron chi connectivity index (χ1n) is 11.9. The maximum atomic E-state index is 13.1. The molecule has 11 heteroatoms. The van der Waals surface area contributed by atoms with Gasteiger partial charge in [-0.25, -0.2) is 4.39 Å². The molecule has 0 atom stereocenters. The number of carbonyl (C=O) groups is 2. The Kier molecular flexibility index (Phi) is 8.97. The summed E-state index contributed by atoms with van der Waals surface area (Å²) in [7, 11) is 1.42. The zero-order chi connectivity index (χ0) is 27.9. The number of hydrogen-bond acceptors (Lipinski definition) is 7. The smallest absolute Gasteiger partial charge is 0.266 e. The third-order valence-electron chi connectivity index (χ3n) is 5.94. The zero-order valence-electron chi connectivity index (χ0n) is 20.8. The Labute approximate surface area is 236 Å². The van der Waals surface area contributed by atoms with Crippen molar-refractivity contribution in [3.05, 3.63) is 73.8 Å². The minimum atomic E-state index is -0.628. The molecule has 0 bridgehead atoms. The molecule has 2 N–H and O–H groups in total. The van der Waals surface area contributed by atoms with Crippen molar-refractivity contribution in [1.29, 1.82) is 10.5 Å². The van der Waals surface area contributed by atoms with E-state index < -0.39 is 17.6 Å². The predicted octanol–water partition coefficient (Wildman–Crippen LogP) is 5.97. The number of nitriles is 2. The molecule has 0 radical (unpaired) electrons. The summed E-state index contributed by atoms with van der Waals surface area (Å²) in [4.78, 5) is 26.3. The van der Waals surface area contributed by atoms with Gasteiger partial charge in [0.05, 0.1) is 12.7 Å². The number of carbonyl (C=O) groups excluding carboxylic acids is 2. The van der Waals surface area contributed by atoms with Crippen molar-refractivity contribution in [2.75, 3.05) is 24.4 Å². The van der Waals surface area contributed by atoms with Crippen LogP contribution in [0.25, 0.3) is 6.08 Å². The first kappa shape index (κ1) is 27.8. The van der Waals surface area contributed by atoms with Gasteiger partial charge in [-0.15, -0.1) is 11.3 Å². The summed E-state index contributed by atoms with van der Waals surface area (Å²) in [6.07, 6.45) is 5.13. The predicted molar refractivity (Wildman–Crippen MR) is 149 cm³/mol. The summed E-state index contributed by atoms with van der Waals surface area (Å²) < 4.78 is 24.5. The summed E-state index contributed by atoms with van der Waals surface area (Å²) >= 11 is 4.80. The maximum Gasteiger partial charge on any atom is 0.266 e. The van der Waals surface area contributed by atoms with Gasteiger partial charge in [0.15, 0.2) is 18.1 Å². The van der Waals surface area contributed by atoms with Gasteiger partial charge in [0.2, 0.25) is 0 Å². The van der Waals surface area contributed by atoms with Crippen molar-refractivity contribution in [3.8, 4) is 23.6 Å². The molecule has 4 rings (SSSR count). The summed E-state index contributed by atoms with van der Waals surface area (Å²) in [6.45, 7) is -0.340. The van der Waals surface area contributed by atoms with Gasteiger partial charge in [0, 0.05) is 15.0 Å². The van der Waals surface area contributed by atoms with Crippen LogP contribution in [0.2, 0.25) is 0 Å². The molecule has 2 amide bonds. The van der Waals surface area contributed by atoms with Crippen LogP contribution in [0.5, 0.6) is 11.5 Å². The quantitative estimate of drug-likeness (QED) is 0.240. The fraction of sp³-hybridized carbons (Fsp3) is 0.214. The highest BCUT2D eigenvalue weighted by molar-refractivity contribution is 9.10. The molecule has 0 unspecified atom stereocenters. The highest BCUT2D eigenvalue weighted by Gasteiger charge is 2.23. The van der Waals surface area contributed by atoms with Crippen molar-refractivity contribution in [3.63, 3.8) is 0 Å². The number of aryl methyl sites for hydroxylation is 1. The largest absolute Gasteiger partial charge is 0.493 e. The first-order valence-corrected chi connectivity index (χ1v) is 13.5. The normalized spacial score (nSPS) is 12.5. The second-order valence-electron chi connectivity index (χ2n) is 8.52. The van der Waals surface area contributed by atoms with Gasteiger partial charge in [-0.1, -0.05) is 15.9 Å². The second-order valence-corrected chi connectivity index (χ2v) is 10.5. The average molecular weight is 609 g/mol. The lowest BCUT2D eigenvalue weighted by molar-refractivity contribution is -0.118. The van der Waals surface area contributed by atoms with E-state index in [1.165, 1.54) is 48.8 Å². The zero-order valence-corrected chi connectivity index (χ0v) is 23.2. The van der Waals surface area contributed by atoms with Crippen LogP contribution in [0.15, 0.2) is 46.4 Å². The highest BCUT2D eigenvalue weighted by Crippen LogP contribution is 2.38. The fourth-order valence-electron chi connectivity index (χ4n) is 4.05. The summed E-state index contributed by atoms with van der Waals surface area (Å²) in [5.74, 6) is -0.978. The number of nitrogens with one attached hydrogen (secondary N) is 2. The summed E-state index contributed by atoms with van der Waals surface area (Å²) in [5, 5.41) is 25.1. The van der Waals surface area contributed by atoms with Crippen molar-refractivity contribution >= 4 is 55.8 Å². The van der Waals surface area contributed by atoms with Crippen molar-refractivity contribution < 1.29 is 23.5 Å². The molecule has 0 spiro atoms. The minimum absolute atomic E-state index is 0.166. The van der Waals surface area contributed by atoms with Gasteiger partial charge in [0.25, 0.3) is 11.8 Å². The van der Waals surface area contributed by atoms with E-state index in [2.05, 4.69) is 32.6 Å². The molecule has 3 aromatic rings. The van der Waals surface area contributed by atoms with E-state index in [0.717, 1.165) is 36.1 Å². The molecule has 0 saturated heterocycles. The molecular weight excluding hydrogens is 587 g/mol. The van der Waals surface area contributed by atoms with Crippen LogP contribution in [0.3, 0.4) is 0 Å². The second kappa shape index (κ2) is 12.6. The van der Waals surface area contributed by atoms with Crippen LogP contribution in [0.4, 0.5) is 15.1 Å². The molecule has 2 aromatic carbocycles. The number of hydrogen-bond donors (Lipinski definition) is 2. The monoisotopic (exact) mass is 608 g/mol. The number of ether oxygens (including phenoxy) is 2. The van der Waals surface area contributed by atoms with Crippen LogP contribution in [0, 0.1) is 28.5 Å². The lowest BCUT2D eigenvalue weighted by atomic mass is 9.96.